The van der Waals surface area contributed by atoms with E-state index in [9.17, 15) is 8.42 Å². The van der Waals surface area contributed by atoms with Crippen molar-refractivity contribution in [2.24, 2.45) is 0 Å². The quantitative estimate of drug-likeness (QED) is 0.487. The summed E-state index contributed by atoms with van der Waals surface area (Å²) in [6, 6.07) is 0.231. The molecule has 0 aromatic heterocycles. The number of rotatable bonds is 9. The number of sulfonamides is 1. The molecule has 0 saturated heterocycles. The molecule has 1 rings (SSSR count). The molecule has 1 aliphatic rings. The lowest BCUT2D eigenvalue weighted by atomic mass is 10.5. The van der Waals surface area contributed by atoms with Crippen LogP contribution < -0.4 is 5.32 Å². The van der Waals surface area contributed by atoms with Gasteiger partial charge in [-0.05, 0) is 25.8 Å². The van der Waals surface area contributed by atoms with Gasteiger partial charge in [0.15, 0.2) is 0 Å². The molecule has 94 valence electrons. The molecule has 0 atom stereocenters. The van der Waals surface area contributed by atoms with E-state index in [1.54, 1.807) is 10.4 Å². The Morgan fingerprint density at radius 2 is 2.12 bits per heavy atom. The van der Waals surface area contributed by atoms with Gasteiger partial charge in [0.05, 0.1) is 5.75 Å². The molecule has 0 unspecified atom stereocenters. The molecule has 1 saturated carbocycles. The zero-order chi connectivity index (χ0) is 12.0. The Labute approximate surface area is 98.8 Å². The molecule has 4 nitrogen and oxygen atoms in total. The fraction of sp³-hybridized carbons (Fsp3) is 0.818. The van der Waals surface area contributed by atoms with Gasteiger partial charge in [-0.2, -0.15) is 4.31 Å². The molecule has 0 aromatic carbocycles. The lowest BCUT2D eigenvalue weighted by molar-refractivity contribution is 0.434. The average molecular weight is 246 g/mol. The van der Waals surface area contributed by atoms with Crippen LogP contribution in [0.5, 0.6) is 0 Å². The summed E-state index contributed by atoms with van der Waals surface area (Å²) in [6.45, 7) is 7.54. The summed E-state index contributed by atoms with van der Waals surface area (Å²) in [7, 11) is -3.10. The molecule has 0 radical (unpaired) electrons. The van der Waals surface area contributed by atoms with Crippen molar-refractivity contribution in [3.8, 4) is 0 Å². The van der Waals surface area contributed by atoms with E-state index >= 15 is 0 Å². The summed E-state index contributed by atoms with van der Waals surface area (Å²) < 4.78 is 25.6. The molecule has 0 amide bonds. The molecule has 0 spiro atoms. The van der Waals surface area contributed by atoms with Gasteiger partial charge in [-0.25, -0.2) is 8.42 Å². The Bertz CT molecular complexity index is 310. The molecule has 1 N–H and O–H groups in total. The Morgan fingerprint density at radius 1 is 1.44 bits per heavy atom. The number of hydrogen-bond donors (Lipinski definition) is 1. The molecule has 1 aliphatic carbocycles. The van der Waals surface area contributed by atoms with Crippen LogP contribution in [0.4, 0.5) is 0 Å². The first-order valence-corrected chi connectivity index (χ1v) is 7.54. The first kappa shape index (κ1) is 13.7. The highest BCUT2D eigenvalue weighted by molar-refractivity contribution is 7.89. The van der Waals surface area contributed by atoms with Gasteiger partial charge in [0.2, 0.25) is 10.0 Å². The van der Waals surface area contributed by atoms with Crippen LogP contribution in [-0.4, -0.2) is 44.2 Å². The van der Waals surface area contributed by atoms with Crippen LogP contribution in [0.15, 0.2) is 12.7 Å². The summed E-state index contributed by atoms with van der Waals surface area (Å²) in [4.78, 5) is 0. The zero-order valence-corrected chi connectivity index (χ0v) is 10.8. The van der Waals surface area contributed by atoms with Crippen molar-refractivity contribution in [1.82, 2.24) is 9.62 Å². The van der Waals surface area contributed by atoms with Crippen LogP contribution in [0.1, 0.15) is 26.2 Å². The van der Waals surface area contributed by atoms with E-state index in [0.29, 0.717) is 13.1 Å². The normalized spacial score (nSPS) is 16.6. The van der Waals surface area contributed by atoms with E-state index in [0.717, 1.165) is 25.8 Å². The standard InChI is InChI=1S/C11H22N2O2S/c1-3-7-12-8-10-16(14,15)13(9-4-2)11-5-6-11/h4,11-12H,2-3,5-10H2,1H3. The maximum Gasteiger partial charge on any atom is 0.215 e. The minimum Gasteiger partial charge on any atom is -0.316 e. The van der Waals surface area contributed by atoms with Crippen molar-refractivity contribution in [2.75, 3.05) is 25.4 Å². The number of nitrogens with one attached hydrogen (secondary N) is 1. The minimum atomic E-state index is -3.10. The van der Waals surface area contributed by atoms with Crippen molar-refractivity contribution in [1.29, 1.82) is 0 Å². The third kappa shape index (κ3) is 4.23. The highest BCUT2D eigenvalue weighted by Gasteiger charge is 2.35. The van der Waals surface area contributed by atoms with E-state index in [-0.39, 0.29) is 11.8 Å². The Balaban J connectivity index is 2.42. The molecule has 0 aromatic rings. The van der Waals surface area contributed by atoms with Gasteiger partial charge in [-0.15, -0.1) is 6.58 Å². The fourth-order valence-electron chi connectivity index (χ4n) is 1.60. The molecule has 0 aliphatic heterocycles. The smallest absolute Gasteiger partial charge is 0.215 e. The summed E-state index contributed by atoms with van der Waals surface area (Å²) in [5.41, 5.74) is 0. The van der Waals surface area contributed by atoms with E-state index in [4.69, 9.17) is 0 Å². The van der Waals surface area contributed by atoms with Gasteiger partial charge in [0, 0.05) is 19.1 Å². The van der Waals surface area contributed by atoms with Crippen molar-refractivity contribution in [2.45, 2.75) is 32.2 Å². The average Bonchev–Trinajstić information content (AvgIpc) is 3.04. The van der Waals surface area contributed by atoms with Crippen LogP contribution in [-0.2, 0) is 10.0 Å². The first-order valence-electron chi connectivity index (χ1n) is 5.93. The second-order valence-corrected chi connectivity index (χ2v) is 6.20. The van der Waals surface area contributed by atoms with E-state index in [1.165, 1.54) is 0 Å². The van der Waals surface area contributed by atoms with Crippen molar-refractivity contribution in [3.63, 3.8) is 0 Å². The topological polar surface area (TPSA) is 49.4 Å². The van der Waals surface area contributed by atoms with Gasteiger partial charge in [0.25, 0.3) is 0 Å². The van der Waals surface area contributed by atoms with Crippen molar-refractivity contribution >= 4 is 10.0 Å². The summed E-state index contributed by atoms with van der Waals surface area (Å²) in [5.74, 6) is 0.192. The molecular weight excluding hydrogens is 224 g/mol. The monoisotopic (exact) mass is 246 g/mol. The lowest BCUT2D eigenvalue weighted by Gasteiger charge is -2.20. The van der Waals surface area contributed by atoms with Crippen molar-refractivity contribution < 1.29 is 8.42 Å². The first-order chi connectivity index (χ1) is 7.61. The Morgan fingerprint density at radius 3 is 2.62 bits per heavy atom. The van der Waals surface area contributed by atoms with Crippen LogP contribution in [0.2, 0.25) is 0 Å². The summed E-state index contributed by atoms with van der Waals surface area (Å²) >= 11 is 0. The predicted octanol–water partition coefficient (Wildman–Crippen LogP) is 0.966. The fourth-order valence-corrected chi connectivity index (χ4v) is 3.23. The second kappa shape index (κ2) is 6.37. The second-order valence-electron chi connectivity index (χ2n) is 4.16. The van der Waals surface area contributed by atoms with Gasteiger partial charge in [-0.1, -0.05) is 13.0 Å². The largest absolute Gasteiger partial charge is 0.316 e. The Hall–Kier alpha value is -0.390. The molecule has 5 heteroatoms. The van der Waals surface area contributed by atoms with Crippen LogP contribution in [0.25, 0.3) is 0 Å². The van der Waals surface area contributed by atoms with Crippen LogP contribution >= 0.6 is 0 Å². The molecule has 0 heterocycles. The minimum absolute atomic E-state index is 0.192. The maximum absolute atomic E-state index is 12.0. The zero-order valence-electron chi connectivity index (χ0n) is 9.98. The van der Waals surface area contributed by atoms with Gasteiger partial charge >= 0.3 is 0 Å². The van der Waals surface area contributed by atoms with Gasteiger partial charge in [0.1, 0.15) is 0 Å². The third-order valence-electron chi connectivity index (χ3n) is 2.58. The summed E-state index contributed by atoms with van der Waals surface area (Å²) in [6.07, 6.45) is 4.68. The van der Waals surface area contributed by atoms with Crippen molar-refractivity contribution in [3.05, 3.63) is 12.7 Å². The van der Waals surface area contributed by atoms with E-state index < -0.39 is 10.0 Å². The van der Waals surface area contributed by atoms with Gasteiger partial charge in [-0.3, -0.25) is 0 Å². The van der Waals surface area contributed by atoms with E-state index in [1.807, 2.05) is 0 Å². The molecule has 16 heavy (non-hydrogen) atoms. The van der Waals surface area contributed by atoms with Crippen LogP contribution in [0.3, 0.4) is 0 Å². The summed E-state index contributed by atoms with van der Waals surface area (Å²) in [5, 5.41) is 3.12. The molecular formula is C11H22N2O2S. The number of hydrogen-bond acceptors (Lipinski definition) is 3. The Kier molecular flexibility index (Phi) is 5.44. The van der Waals surface area contributed by atoms with Crippen LogP contribution in [0, 0.1) is 0 Å². The molecule has 1 fully saturated rings. The SMILES string of the molecule is C=CCN(C1CC1)S(=O)(=O)CCNCCC. The highest BCUT2D eigenvalue weighted by Crippen LogP contribution is 2.29. The lowest BCUT2D eigenvalue weighted by Crippen LogP contribution is -2.38. The highest BCUT2D eigenvalue weighted by atomic mass is 32.2. The van der Waals surface area contributed by atoms with Gasteiger partial charge < -0.3 is 5.32 Å². The third-order valence-corrected chi connectivity index (χ3v) is 4.47. The maximum atomic E-state index is 12.0. The number of nitrogens with zero attached hydrogens (tertiary/aromatic N) is 1. The molecule has 0 bridgehead atoms. The van der Waals surface area contributed by atoms with E-state index in [2.05, 4.69) is 18.8 Å². The predicted molar refractivity (Wildman–Crippen MR) is 66.9 cm³/mol.